The second-order valence-corrected chi connectivity index (χ2v) is 41.6. The second-order valence-electron chi connectivity index (χ2n) is 41.6. The fraction of sp³-hybridized carbons (Fsp3) is 0.641. The zero-order chi connectivity index (χ0) is 88.4. The van der Waals surface area contributed by atoms with Crippen molar-refractivity contribution < 1.29 is 33.2 Å². The number of morpholine rings is 1. The lowest BCUT2D eigenvalue weighted by atomic mass is 9.87. The van der Waals surface area contributed by atoms with E-state index in [9.17, 15) is 4.79 Å². The van der Waals surface area contributed by atoms with Gasteiger partial charge in [-0.2, -0.15) is 0 Å². The first-order chi connectivity index (χ1) is 57.7. The third-order valence-electron chi connectivity index (χ3n) is 26.5. The van der Waals surface area contributed by atoms with Crippen molar-refractivity contribution in [2.24, 2.45) is 0 Å². The van der Waals surface area contributed by atoms with Gasteiger partial charge in [0, 0.05) is 200 Å². The maximum atomic E-state index is 11.4. The largest absolute Gasteiger partial charge is 0.495 e. The van der Waals surface area contributed by atoms with Crippen molar-refractivity contribution in [3.63, 3.8) is 0 Å². The van der Waals surface area contributed by atoms with E-state index in [4.69, 9.17) is 28.4 Å². The van der Waals surface area contributed by atoms with Crippen LogP contribution in [-0.2, 0) is 56.2 Å². The summed E-state index contributed by atoms with van der Waals surface area (Å²) in [6, 6.07) is 50.8. The van der Waals surface area contributed by atoms with Crippen LogP contribution in [0.4, 0.5) is 34.1 Å². The van der Waals surface area contributed by atoms with Gasteiger partial charge in [-0.15, -0.1) is 0 Å². The number of nitrogens with zero attached hydrogens (tertiary/aromatic N) is 12. The molecule has 9 aliphatic heterocycles. The van der Waals surface area contributed by atoms with Crippen molar-refractivity contribution in [2.75, 3.05) is 267 Å². The first kappa shape index (κ1) is 97.0. The molecule has 122 heavy (non-hydrogen) atoms. The van der Waals surface area contributed by atoms with Crippen LogP contribution in [0.2, 0.25) is 0 Å². The molecule has 15 rings (SSSR count). The Kier molecular flexibility index (Phi) is 34.5. The zero-order valence-electron chi connectivity index (χ0n) is 80.4. The lowest BCUT2D eigenvalue weighted by Gasteiger charge is -2.50. The molecule has 676 valence electrons. The SMILES string of the molecule is CC(C)(C)c1ccc(N2CCN(C3(C)COC3)CC2)cc1.CC(C)(C)c1ccc(N2CCN(C3COC3)CC2)cc1.CC(C)(C)c1ccc(N2CCN3CCOCC3C2)cc1.CCN1CCN(c2ccc(C(C)(C)C)cc2OC)CC1.COCCN1CCN(c2ccc(C(C)(C)C)cc2)CC1.COc1cc(C(C)(C)C)ccc1N1CCN(C(C)=O)CC1. The molecule has 19 nitrogen and oxygen atoms in total. The minimum absolute atomic E-state index is 0.110. The van der Waals surface area contributed by atoms with Gasteiger partial charge in [-0.3, -0.25) is 24.4 Å². The van der Waals surface area contributed by atoms with Gasteiger partial charge >= 0.3 is 0 Å². The predicted molar refractivity (Wildman–Crippen MR) is 513 cm³/mol. The molecule has 9 aliphatic rings. The highest BCUT2D eigenvalue weighted by molar-refractivity contribution is 5.74. The monoisotopic (exact) mass is 1680 g/mol. The van der Waals surface area contributed by atoms with Gasteiger partial charge in [0.1, 0.15) is 11.5 Å². The number of amides is 1. The maximum Gasteiger partial charge on any atom is 0.219 e. The lowest BCUT2D eigenvalue weighted by molar-refractivity contribution is -0.131. The molecule has 9 heterocycles. The molecule has 0 saturated carbocycles. The van der Waals surface area contributed by atoms with Crippen LogP contribution in [0.25, 0.3) is 0 Å². The molecule has 0 spiro atoms. The van der Waals surface area contributed by atoms with Gasteiger partial charge in [-0.05, 0) is 152 Å². The molecule has 0 radical (unpaired) electrons. The van der Waals surface area contributed by atoms with Crippen molar-refractivity contribution in [3.8, 4) is 11.5 Å². The molecular formula is C103H162N12O7. The third kappa shape index (κ3) is 27.4. The number of anilines is 6. The van der Waals surface area contributed by atoms with Crippen molar-refractivity contribution >= 4 is 40.0 Å². The van der Waals surface area contributed by atoms with Crippen molar-refractivity contribution in [1.29, 1.82) is 0 Å². The van der Waals surface area contributed by atoms with E-state index in [1.807, 2.05) is 4.90 Å². The molecule has 6 aromatic rings. The number of rotatable bonds is 14. The van der Waals surface area contributed by atoms with E-state index in [0.717, 1.165) is 234 Å². The summed E-state index contributed by atoms with van der Waals surface area (Å²) < 4.78 is 32.7. The maximum absolute atomic E-state index is 11.4. The Bertz CT molecular complexity index is 4090. The zero-order valence-corrected chi connectivity index (χ0v) is 80.4. The van der Waals surface area contributed by atoms with Gasteiger partial charge in [0.15, 0.2) is 0 Å². The van der Waals surface area contributed by atoms with Gasteiger partial charge in [-0.25, -0.2) is 0 Å². The number of carbonyl (C=O) groups excluding carboxylic acids is 1. The topological polar surface area (TPSA) is 111 Å². The summed E-state index contributed by atoms with van der Waals surface area (Å²) in [4.78, 5) is 40.7. The molecule has 0 aromatic heterocycles. The Morgan fingerprint density at radius 2 is 0.697 bits per heavy atom. The second kappa shape index (κ2) is 43.4. The van der Waals surface area contributed by atoms with Crippen molar-refractivity contribution in [1.82, 2.24) is 29.4 Å². The number of ether oxygens (including phenoxy) is 6. The number of hydrogen-bond acceptors (Lipinski definition) is 18. The quantitative estimate of drug-likeness (QED) is 0.103. The minimum atomic E-state index is 0.110. The number of hydrogen-bond donors (Lipinski definition) is 0. The van der Waals surface area contributed by atoms with Crippen LogP contribution in [0.1, 0.15) is 179 Å². The lowest BCUT2D eigenvalue weighted by Crippen LogP contribution is -2.64. The van der Waals surface area contributed by atoms with E-state index < -0.39 is 0 Å². The Morgan fingerprint density at radius 3 is 1.03 bits per heavy atom. The van der Waals surface area contributed by atoms with Gasteiger partial charge in [-0.1, -0.05) is 192 Å². The van der Waals surface area contributed by atoms with E-state index >= 15 is 0 Å². The molecule has 9 saturated heterocycles. The number of carbonyl (C=O) groups is 1. The third-order valence-corrected chi connectivity index (χ3v) is 26.5. The molecular weight excluding hydrogens is 1520 g/mol. The minimum Gasteiger partial charge on any atom is -0.495 e. The summed E-state index contributed by atoms with van der Waals surface area (Å²) in [5.74, 6) is 2.07. The number of likely N-dealkylation sites (N-methyl/N-ethyl adjacent to an activating group) is 1. The highest BCUT2D eigenvalue weighted by atomic mass is 16.5. The fourth-order valence-electron chi connectivity index (χ4n) is 17.4. The standard InChI is InChI=1S/C18H28N2O.C17H26N2O2.2C17H26N2O.2C17H28N2O/c1-17(2,3)15-5-7-16(8-6-15)19-9-11-20(12-10-19)18(4)13-21-14-18;1-13(20)18-8-10-19(11-9-18)15-7-6-14(17(2,3)4)12-16(15)21-5;1-17(2,3)14-4-6-15(7-5-14)18-8-10-19(11-9-18)16-12-20-13-16;1-17(2,3)14-4-6-15(7-5-14)19-9-8-18-10-11-20-13-16(18)12-19;1-17(2,3)15-5-7-16(8-6-15)19-11-9-18(10-12-19)13-14-20-4;1-6-18-9-11-19(12-10-18)15-8-7-14(17(2,3)4)13-16(15)20-5/h5-8H,9-14H2,1-4H3;6-7,12H,8-11H2,1-5H3;2*4-7,16H,8-13H2,1-3H3;5-8H,9-14H2,1-4H3;7-8,13H,6,9-12H2,1-5H3. The van der Waals surface area contributed by atoms with Gasteiger partial charge in [0.05, 0.1) is 89.5 Å². The first-order valence-corrected chi connectivity index (χ1v) is 46.2. The Hall–Kier alpha value is -7.17. The fourth-order valence-corrected chi connectivity index (χ4v) is 17.4. The summed E-state index contributed by atoms with van der Waals surface area (Å²) in [6.45, 7) is 80.9. The van der Waals surface area contributed by atoms with Crippen LogP contribution < -0.4 is 38.9 Å². The molecule has 0 aliphatic carbocycles. The predicted octanol–water partition coefficient (Wildman–Crippen LogP) is 16.5. The van der Waals surface area contributed by atoms with Gasteiger partial charge in [0.25, 0.3) is 0 Å². The molecule has 1 unspecified atom stereocenters. The Balaban J connectivity index is 0.000000153. The van der Waals surface area contributed by atoms with Crippen molar-refractivity contribution in [3.05, 3.63) is 167 Å². The van der Waals surface area contributed by atoms with Crippen LogP contribution in [0.3, 0.4) is 0 Å². The highest BCUT2D eigenvalue weighted by Crippen LogP contribution is 2.38. The molecule has 9 fully saturated rings. The first-order valence-electron chi connectivity index (χ1n) is 46.2. The molecule has 19 heteroatoms. The van der Waals surface area contributed by atoms with E-state index in [1.165, 1.54) is 61.8 Å². The van der Waals surface area contributed by atoms with Crippen LogP contribution in [0.5, 0.6) is 11.5 Å². The Labute approximate surface area is 739 Å². The van der Waals surface area contributed by atoms with Gasteiger partial charge < -0.3 is 67.6 Å². The normalized spacial score (nSPS) is 20.0. The van der Waals surface area contributed by atoms with Crippen molar-refractivity contribution in [2.45, 2.75) is 196 Å². The molecule has 1 amide bonds. The van der Waals surface area contributed by atoms with Crippen LogP contribution in [-0.4, -0.2) is 291 Å². The smallest absolute Gasteiger partial charge is 0.219 e. The summed E-state index contributed by atoms with van der Waals surface area (Å²) in [5, 5.41) is 0. The van der Waals surface area contributed by atoms with E-state index in [1.54, 1.807) is 28.3 Å². The van der Waals surface area contributed by atoms with Crippen LogP contribution in [0.15, 0.2) is 133 Å². The number of piperazine rings is 6. The average Bonchev–Trinajstić information content (AvgIpc) is 0.796. The number of fused-ring (bicyclic) bond motifs is 1. The van der Waals surface area contributed by atoms with Crippen LogP contribution >= 0.6 is 0 Å². The summed E-state index contributed by atoms with van der Waals surface area (Å²) in [6.07, 6.45) is 0. The number of methoxy groups -OCH3 is 3. The van der Waals surface area contributed by atoms with E-state index in [2.05, 4.69) is 326 Å². The summed E-state index contributed by atoms with van der Waals surface area (Å²) in [5.41, 5.74) is 17.5. The molecule has 6 aromatic carbocycles. The van der Waals surface area contributed by atoms with Gasteiger partial charge in [0.2, 0.25) is 5.91 Å². The Morgan fingerprint density at radius 1 is 0.369 bits per heavy atom. The molecule has 0 bridgehead atoms. The average molecular weight is 1680 g/mol. The molecule has 0 N–H and O–H groups in total. The number of benzene rings is 6. The van der Waals surface area contributed by atoms with E-state index in [-0.39, 0.29) is 38.4 Å². The highest BCUT2D eigenvalue weighted by Gasteiger charge is 2.41. The molecule has 1 atom stereocenters. The van der Waals surface area contributed by atoms with Crippen LogP contribution in [0, 0.1) is 0 Å². The summed E-state index contributed by atoms with van der Waals surface area (Å²) in [7, 11) is 5.26. The summed E-state index contributed by atoms with van der Waals surface area (Å²) >= 11 is 0. The van der Waals surface area contributed by atoms with E-state index in [0.29, 0.717) is 17.6 Å².